The Kier molecular flexibility index (Phi) is 6.26. The molecule has 114 valence electrons. The van der Waals surface area contributed by atoms with E-state index in [1.807, 2.05) is 24.3 Å². The zero-order valence-corrected chi connectivity index (χ0v) is 13.4. The van der Waals surface area contributed by atoms with Gasteiger partial charge in [-0.1, -0.05) is 42.8 Å². The van der Waals surface area contributed by atoms with Gasteiger partial charge >= 0.3 is 0 Å². The van der Waals surface area contributed by atoms with Crippen LogP contribution in [-0.4, -0.2) is 15.2 Å². The van der Waals surface area contributed by atoms with E-state index >= 15 is 0 Å². The smallest absolute Gasteiger partial charge is 0.239 e. The number of aliphatic hydroxyl groups excluding tert-OH is 1. The van der Waals surface area contributed by atoms with Gasteiger partial charge < -0.3 is 9.63 Å². The second-order valence-electron chi connectivity index (χ2n) is 5.08. The molecule has 1 aromatic carbocycles. The lowest BCUT2D eigenvalue weighted by atomic mass is 10.2. The number of hydrogen-bond acceptors (Lipinski definition) is 5. The van der Waals surface area contributed by atoms with Gasteiger partial charge in [0.25, 0.3) is 0 Å². The van der Waals surface area contributed by atoms with Crippen LogP contribution in [0.15, 0.2) is 28.8 Å². The molecule has 0 saturated heterocycles. The van der Waals surface area contributed by atoms with E-state index < -0.39 is 0 Å². The number of nitrogens with zero attached hydrogens (tertiary/aromatic N) is 2. The summed E-state index contributed by atoms with van der Waals surface area (Å²) in [6, 6.07) is 8.00. The Hall–Kier alpha value is -1.33. The maximum Gasteiger partial charge on any atom is 0.239 e. The summed E-state index contributed by atoms with van der Waals surface area (Å²) in [6.45, 7) is 4.33. The lowest BCUT2D eigenvalue weighted by Gasteiger charge is -2.07. The SMILES string of the molecule is CCCCc1noc(C(C)SCc2ccc(CO)cc2)n1. The highest BCUT2D eigenvalue weighted by Gasteiger charge is 2.14. The number of aliphatic hydroxyl groups is 1. The van der Waals surface area contributed by atoms with Crippen LogP contribution >= 0.6 is 11.8 Å². The van der Waals surface area contributed by atoms with E-state index in [4.69, 9.17) is 9.63 Å². The van der Waals surface area contributed by atoms with Crippen molar-refractivity contribution in [2.24, 2.45) is 0 Å². The maximum atomic E-state index is 9.03. The largest absolute Gasteiger partial charge is 0.392 e. The highest BCUT2D eigenvalue weighted by Crippen LogP contribution is 2.30. The van der Waals surface area contributed by atoms with Gasteiger partial charge in [0.1, 0.15) is 0 Å². The molecule has 0 aliphatic carbocycles. The highest BCUT2D eigenvalue weighted by molar-refractivity contribution is 7.98. The lowest BCUT2D eigenvalue weighted by molar-refractivity contribution is 0.282. The second-order valence-corrected chi connectivity index (χ2v) is 6.41. The first-order valence-electron chi connectivity index (χ1n) is 7.35. The van der Waals surface area contributed by atoms with E-state index in [1.54, 1.807) is 11.8 Å². The fourth-order valence-corrected chi connectivity index (χ4v) is 2.78. The van der Waals surface area contributed by atoms with Gasteiger partial charge in [0.15, 0.2) is 5.82 Å². The summed E-state index contributed by atoms with van der Waals surface area (Å²) in [6.07, 6.45) is 3.12. The fraction of sp³-hybridized carbons (Fsp3) is 0.500. The zero-order chi connectivity index (χ0) is 15.1. The van der Waals surface area contributed by atoms with Crippen LogP contribution in [0.25, 0.3) is 0 Å². The standard InChI is InChI=1S/C16H22N2O2S/c1-3-4-5-15-17-16(20-18-15)12(2)21-11-14-8-6-13(10-19)7-9-14/h6-9,12,19H,3-5,10-11H2,1-2H3. The quantitative estimate of drug-likeness (QED) is 0.801. The molecule has 0 amide bonds. The average molecular weight is 306 g/mol. The minimum atomic E-state index is 0.0896. The second kappa shape index (κ2) is 8.20. The van der Waals surface area contributed by atoms with Crippen LogP contribution < -0.4 is 0 Å². The third-order valence-electron chi connectivity index (χ3n) is 3.29. The molecule has 1 heterocycles. The number of benzene rings is 1. The van der Waals surface area contributed by atoms with Crippen molar-refractivity contribution in [3.63, 3.8) is 0 Å². The molecule has 4 nitrogen and oxygen atoms in total. The molecular formula is C16H22N2O2S. The van der Waals surface area contributed by atoms with Gasteiger partial charge in [-0.2, -0.15) is 4.98 Å². The van der Waals surface area contributed by atoms with Crippen molar-refractivity contribution in [3.05, 3.63) is 47.1 Å². The molecule has 0 radical (unpaired) electrons. The molecule has 1 N–H and O–H groups in total. The minimum Gasteiger partial charge on any atom is -0.392 e. The molecule has 2 rings (SSSR count). The minimum absolute atomic E-state index is 0.0896. The number of unbranched alkanes of at least 4 members (excludes halogenated alkanes) is 1. The topological polar surface area (TPSA) is 59.2 Å². The molecule has 1 unspecified atom stereocenters. The van der Waals surface area contributed by atoms with Crippen molar-refractivity contribution in [3.8, 4) is 0 Å². The molecule has 21 heavy (non-hydrogen) atoms. The van der Waals surface area contributed by atoms with Crippen LogP contribution in [-0.2, 0) is 18.8 Å². The number of aryl methyl sites for hydroxylation is 1. The summed E-state index contributed by atoms with van der Waals surface area (Å²) in [4.78, 5) is 4.46. The van der Waals surface area contributed by atoms with Crippen LogP contribution in [0, 0.1) is 0 Å². The Labute approximate surface area is 130 Å². The lowest BCUT2D eigenvalue weighted by Crippen LogP contribution is -1.92. The molecule has 5 heteroatoms. The first kappa shape index (κ1) is 16.0. The number of thioether (sulfide) groups is 1. The average Bonchev–Trinajstić information content (AvgIpc) is 3.00. The van der Waals surface area contributed by atoms with Gasteiger partial charge in [-0.05, 0) is 24.5 Å². The Morgan fingerprint density at radius 1 is 1.24 bits per heavy atom. The summed E-state index contributed by atoms with van der Waals surface area (Å²) in [7, 11) is 0. The Balaban J connectivity index is 1.85. The third-order valence-corrected chi connectivity index (χ3v) is 4.49. The number of hydrogen-bond donors (Lipinski definition) is 1. The van der Waals surface area contributed by atoms with E-state index in [9.17, 15) is 0 Å². The normalized spacial score (nSPS) is 12.5. The summed E-state index contributed by atoms with van der Waals surface area (Å²) in [5, 5.41) is 13.2. The van der Waals surface area contributed by atoms with E-state index in [2.05, 4.69) is 24.0 Å². The summed E-state index contributed by atoms with van der Waals surface area (Å²) in [5.41, 5.74) is 2.17. The van der Waals surface area contributed by atoms with E-state index in [-0.39, 0.29) is 11.9 Å². The van der Waals surface area contributed by atoms with Gasteiger partial charge in [-0.25, -0.2) is 0 Å². The van der Waals surface area contributed by atoms with Gasteiger partial charge in [0.2, 0.25) is 5.89 Å². The number of aromatic nitrogens is 2. The van der Waals surface area contributed by atoms with Gasteiger partial charge in [-0.3, -0.25) is 0 Å². The molecule has 0 saturated carbocycles. The summed E-state index contributed by atoms with van der Waals surface area (Å²) in [5.74, 6) is 2.41. The summed E-state index contributed by atoms with van der Waals surface area (Å²) < 4.78 is 5.33. The predicted molar refractivity (Wildman–Crippen MR) is 85.0 cm³/mol. The predicted octanol–water partition coefficient (Wildman–Crippen LogP) is 3.90. The van der Waals surface area contributed by atoms with Gasteiger partial charge in [-0.15, -0.1) is 11.8 Å². The van der Waals surface area contributed by atoms with Gasteiger partial charge in [0, 0.05) is 12.2 Å². The molecule has 0 spiro atoms. The Morgan fingerprint density at radius 3 is 2.62 bits per heavy atom. The van der Waals surface area contributed by atoms with Crippen LogP contribution in [0.1, 0.15) is 54.8 Å². The van der Waals surface area contributed by atoms with Crippen molar-refractivity contribution in [2.45, 2.75) is 50.7 Å². The molecule has 1 aromatic heterocycles. The van der Waals surface area contributed by atoms with Crippen LogP contribution in [0.3, 0.4) is 0 Å². The molecule has 0 aliphatic heterocycles. The van der Waals surface area contributed by atoms with Crippen molar-refractivity contribution in [1.82, 2.24) is 10.1 Å². The zero-order valence-electron chi connectivity index (χ0n) is 12.6. The van der Waals surface area contributed by atoms with Crippen LogP contribution in [0.2, 0.25) is 0 Å². The Morgan fingerprint density at radius 2 is 1.95 bits per heavy atom. The van der Waals surface area contributed by atoms with E-state index in [1.165, 1.54) is 5.56 Å². The Bertz CT molecular complexity index is 539. The van der Waals surface area contributed by atoms with Crippen LogP contribution in [0.5, 0.6) is 0 Å². The van der Waals surface area contributed by atoms with Crippen molar-refractivity contribution >= 4 is 11.8 Å². The monoisotopic (exact) mass is 306 g/mol. The molecule has 1 atom stereocenters. The summed E-state index contributed by atoms with van der Waals surface area (Å²) >= 11 is 1.77. The molecular weight excluding hydrogens is 284 g/mol. The molecule has 2 aromatic rings. The number of rotatable bonds is 8. The first-order chi connectivity index (χ1) is 10.2. The van der Waals surface area contributed by atoms with Crippen molar-refractivity contribution in [1.29, 1.82) is 0 Å². The fourth-order valence-electron chi connectivity index (χ4n) is 1.90. The highest BCUT2D eigenvalue weighted by atomic mass is 32.2. The third kappa shape index (κ3) is 4.86. The van der Waals surface area contributed by atoms with Crippen molar-refractivity contribution in [2.75, 3.05) is 0 Å². The van der Waals surface area contributed by atoms with E-state index in [0.29, 0.717) is 5.89 Å². The van der Waals surface area contributed by atoms with Crippen LogP contribution in [0.4, 0.5) is 0 Å². The maximum absolute atomic E-state index is 9.03. The molecule has 0 bridgehead atoms. The molecule has 0 fully saturated rings. The van der Waals surface area contributed by atoms with Gasteiger partial charge in [0.05, 0.1) is 11.9 Å². The first-order valence-corrected chi connectivity index (χ1v) is 8.40. The van der Waals surface area contributed by atoms with E-state index in [0.717, 1.165) is 36.4 Å². The molecule has 0 aliphatic rings. The van der Waals surface area contributed by atoms with Crippen molar-refractivity contribution < 1.29 is 9.63 Å².